The average Bonchev–Trinajstić information content (AvgIpc) is 2.62. The van der Waals surface area contributed by atoms with Crippen LogP contribution in [0.2, 0.25) is 5.02 Å². The first-order valence-electron chi connectivity index (χ1n) is 8.30. The molecule has 28 heavy (non-hydrogen) atoms. The van der Waals surface area contributed by atoms with Gasteiger partial charge in [-0.2, -0.15) is 5.10 Å². The quantitative estimate of drug-likeness (QED) is 0.431. The first-order valence-corrected chi connectivity index (χ1v) is 8.68. The number of nitrogens with zero attached hydrogens (tertiary/aromatic N) is 2. The number of halogens is 1. The Morgan fingerprint density at radius 1 is 1.32 bits per heavy atom. The van der Waals surface area contributed by atoms with Crippen LogP contribution < -0.4 is 10.2 Å². The summed E-state index contributed by atoms with van der Waals surface area (Å²) in [7, 11) is 0. The SMILES string of the molecule is CC(C)(C)c1ccc(OCC(=O)N/N=C/c2cc(Cl)cc([N+](=O)[O-])c2O)cc1. The third kappa shape index (κ3) is 5.68. The van der Waals surface area contributed by atoms with Crippen LogP contribution in [-0.4, -0.2) is 28.8 Å². The largest absolute Gasteiger partial charge is 0.502 e. The smallest absolute Gasteiger partial charge is 0.312 e. The number of hydrogen-bond acceptors (Lipinski definition) is 6. The van der Waals surface area contributed by atoms with Crippen molar-refractivity contribution in [1.29, 1.82) is 0 Å². The minimum atomic E-state index is -0.768. The Morgan fingerprint density at radius 3 is 2.54 bits per heavy atom. The van der Waals surface area contributed by atoms with E-state index in [2.05, 4.69) is 31.3 Å². The number of benzene rings is 2. The number of hydrogen-bond donors (Lipinski definition) is 2. The number of nitro benzene ring substituents is 1. The van der Waals surface area contributed by atoms with E-state index in [1.54, 1.807) is 12.1 Å². The summed E-state index contributed by atoms with van der Waals surface area (Å²) in [5, 5.41) is 24.4. The normalized spacial score (nSPS) is 11.4. The molecule has 0 saturated heterocycles. The number of nitro groups is 1. The van der Waals surface area contributed by atoms with E-state index in [0.717, 1.165) is 17.8 Å². The zero-order valence-corrected chi connectivity index (χ0v) is 16.4. The molecule has 2 aromatic carbocycles. The molecule has 9 heteroatoms. The van der Waals surface area contributed by atoms with Crippen LogP contribution in [-0.2, 0) is 10.2 Å². The lowest BCUT2D eigenvalue weighted by Crippen LogP contribution is -2.24. The minimum absolute atomic E-state index is 0.00168. The average molecular weight is 406 g/mol. The summed E-state index contributed by atoms with van der Waals surface area (Å²) in [5.74, 6) is -0.593. The summed E-state index contributed by atoms with van der Waals surface area (Å²) in [6, 6.07) is 9.72. The molecule has 148 valence electrons. The molecule has 2 N–H and O–H groups in total. The van der Waals surface area contributed by atoms with Crippen LogP contribution in [0.5, 0.6) is 11.5 Å². The van der Waals surface area contributed by atoms with E-state index in [1.165, 1.54) is 6.07 Å². The van der Waals surface area contributed by atoms with Gasteiger partial charge < -0.3 is 9.84 Å². The fourth-order valence-electron chi connectivity index (χ4n) is 2.25. The lowest BCUT2D eigenvalue weighted by atomic mass is 9.87. The summed E-state index contributed by atoms with van der Waals surface area (Å²) < 4.78 is 5.39. The Hall–Kier alpha value is -3.13. The number of phenolic OH excluding ortho intramolecular Hbond substituents is 1. The second-order valence-electron chi connectivity index (χ2n) is 6.98. The van der Waals surface area contributed by atoms with Gasteiger partial charge in [0.25, 0.3) is 5.91 Å². The van der Waals surface area contributed by atoms with Gasteiger partial charge in [-0.05, 0) is 29.2 Å². The van der Waals surface area contributed by atoms with Crippen LogP contribution in [0.15, 0.2) is 41.5 Å². The molecular weight excluding hydrogens is 386 g/mol. The molecule has 0 radical (unpaired) electrons. The maximum absolute atomic E-state index is 11.8. The molecule has 0 fully saturated rings. The Morgan fingerprint density at radius 2 is 1.96 bits per heavy atom. The predicted molar refractivity (Wildman–Crippen MR) is 106 cm³/mol. The second-order valence-corrected chi connectivity index (χ2v) is 7.41. The van der Waals surface area contributed by atoms with Gasteiger partial charge in [0, 0.05) is 16.7 Å². The topological polar surface area (TPSA) is 114 Å². The number of carbonyl (C=O) groups excluding carboxylic acids is 1. The Balaban J connectivity index is 1.93. The fourth-order valence-corrected chi connectivity index (χ4v) is 2.47. The van der Waals surface area contributed by atoms with Gasteiger partial charge in [-0.15, -0.1) is 0 Å². The molecule has 0 aliphatic rings. The first kappa shape index (κ1) is 21.2. The van der Waals surface area contributed by atoms with Gasteiger partial charge >= 0.3 is 5.69 Å². The molecule has 0 spiro atoms. The van der Waals surface area contributed by atoms with Gasteiger partial charge in [-0.25, -0.2) is 5.43 Å². The highest BCUT2D eigenvalue weighted by molar-refractivity contribution is 6.31. The molecule has 8 nitrogen and oxygen atoms in total. The van der Waals surface area contributed by atoms with Crippen LogP contribution in [0, 0.1) is 10.1 Å². The number of hydrazone groups is 1. The standard InChI is InChI=1S/C19H20ClN3O5/c1-19(2,3)13-4-6-15(7-5-13)28-11-17(24)22-21-10-12-8-14(20)9-16(18(12)25)23(26)27/h4-10,25H,11H2,1-3H3,(H,22,24)/b21-10+. The Kier molecular flexibility index (Phi) is 6.58. The van der Waals surface area contributed by atoms with Crippen molar-refractivity contribution in [3.05, 3.63) is 62.7 Å². The van der Waals surface area contributed by atoms with Crippen LogP contribution in [0.25, 0.3) is 0 Å². The van der Waals surface area contributed by atoms with Gasteiger partial charge in [0.05, 0.1) is 11.1 Å². The number of aromatic hydroxyl groups is 1. The highest BCUT2D eigenvalue weighted by Crippen LogP contribution is 2.32. The highest BCUT2D eigenvalue weighted by atomic mass is 35.5. The predicted octanol–water partition coefficient (Wildman–Crippen LogP) is 3.78. The van der Waals surface area contributed by atoms with E-state index in [-0.39, 0.29) is 22.6 Å². The van der Waals surface area contributed by atoms with Crippen molar-refractivity contribution < 1.29 is 19.6 Å². The summed E-state index contributed by atoms with van der Waals surface area (Å²) in [4.78, 5) is 21.9. The number of ether oxygens (including phenoxy) is 1. The number of rotatable bonds is 6. The third-order valence-electron chi connectivity index (χ3n) is 3.76. The lowest BCUT2D eigenvalue weighted by molar-refractivity contribution is -0.385. The lowest BCUT2D eigenvalue weighted by Gasteiger charge is -2.19. The zero-order chi connectivity index (χ0) is 20.9. The molecule has 0 aliphatic heterocycles. The second kappa shape index (κ2) is 8.71. The Labute approximate surface area is 166 Å². The molecule has 0 atom stereocenters. The summed E-state index contributed by atoms with van der Waals surface area (Å²) >= 11 is 5.78. The molecule has 0 bridgehead atoms. The van der Waals surface area contributed by atoms with E-state index < -0.39 is 22.3 Å². The van der Waals surface area contributed by atoms with E-state index in [9.17, 15) is 20.0 Å². The fraction of sp³-hybridized carbons (Fsp3) is 0.263. The Bertz CT molecular complexity index is 905. The van der Waals surface area contributed by atoms with E-state index in [4.69, 9.17) is 16.3 Å². The van der Waals surface area contributed by atoms with Crippen molar-refractivity contribution in [1.82, 2.24) is 5.43 Å². The highest BCUT2D eigenvalue weighted by Gasteiger charge is 2.18. The molecule has 0 aromatic heterocycles. The molecule has 0 saturated carbocycles. The zero-order valence-electron chi connectivity index (χ0n) is 15.6. The minimum Gasteiger partial charge on any atom is -0.502 e. The van der Waals surface area contributed by atoms with Gasteiger partial charge in [-0.3, -0.25) is 14.9 Å². The van der Waals surface area contributed by atoms with Crippen molar-refractivity contribution >= 4 is 29.4 Å². The van der Waals surface area contributed by atoms with Crippen LogP contribution in [0.4, 0.5) is 5.69 Å². The van der Waals surface area contributed by atoms with E-state index in [0.29, 0.717) is 5.75 Å². The van der Waals surface area contributed by atoms with Crippen molar-refractivity contribution in [2.75, 3.05) is 6.61 Å². The molecule has 2 rings (SSSR count). The van der Waals surface area contributed by atoms with Crippen LogP contribution in [0.3, 0.4) is 0 Å². The monoisotopic (exact) mass is 405 g/mol. The molecule has 2 aromatic rings. The van der Waals surface area contributed by atoms with Crippen LogP contribution in [0.1, 0.15) is 31.9 Å². The van der Waals surface area contributed by atoms with Gasteiger partial charge in [0.2, 0.25) is 5.75 Å². The maximum Gasteiger partial charge on any atom is 0.312 e. The number of phenols is 1. The van der Waals surface area contributed by atoms with Gasteiger partial charge in [0.15, 0.2) is 6.61 Å². The number of nitrogens with one attached hydrogen (secondary N) is 1. The first-order chi connectivity index (χ1) is 13.1. The molecular formula is C19H20ClN3O5. The number of carbonyl (C=O) groups is 1. The summed E-state index contributed by atoms with van der Waals surface area (Å²) in [5.41, 5.74) is 2.82. The van der Waals surface area contributed by atoms with E-state index >= 15 is 0 Å². The van der Waals surface area contributed by atoms with Crippen molar-refractivity contribution in [3.63, 3.8) is 0 Å². The molecule has 0 aliphatic carbocycles. The maximum atomic E-state index is 11.8. The third-order valence-corrected chi connectivity index (χ3v) is 3.98. The van der Waals surface area contributed by atoms with Crippen molar-refractivity contribution in [2.24, 2.45) is 5.10 Å². The van der Waals surface area contributed by atoms with E-state index in [1.807, 2.05) is 12.1 Å². The number of amides is 1. The van der Waals surface area contributed by atoms with Gasteiger partial charge in [-0.1, -0.05) is 44.5 Å². The summed E-state index contributed by atoms with van der Waals surface area (Å²) in [6.45, 7) is 6.02. The molecule has 1 amide bonds. The van der Waals surface area contributed by atoms with Crippen LogP contribution >= 0.6 is 11.6 Å². The molecule has 0 heterocycles. The summed E-state index contributed by atoms with van der Waals surface area (Å²) in [6.07, 6.45) is 1.06. The van der Waals surface area contributed by atoms with Gasteiger partial charge in [0.1, 0.15) is 5.75 Å². The van der Waals surface area contributed by atoms with Crippen molar-refractivity contribution in [2.45, 2.75) is 26.2 Å². The molecule has 0 unspecified atom stereocenters. The van der Waals surface area contributed by atoms with Crippen molar-refractivity contribution in [3.8, 4) is 11.5 Å².